The zero-order valence-corrected chi connectivity index (χ0v) is 22.5. The Hall–Kier alpha value is -2.73. The highest BCUT2D eigenvalue weighted by Crippen LogP contribution is 2.37. The Kier molecular flexibility index (Phi) is 7.60. The molecule has 3 aromatic rings. The second kappa shape index (κ2) is 10.5. The molecule has 0 saturated carbocycles. The zero-order chi connectivity index (χ0) is 25.1. The number of morpholine rings is 1. The number of carbonyl (C=O) groups is 1. The third-order valence-electron chi connectivity index (χ3n) is 7.07. The summed E-state index contributed by atoms with van der Waals surface area (Å²) in [4.78, 5) is 15.3. The molecule has 35 heavy (non-hydrogen) atoms. The predicted molar refractivity (Wildman–Crippen MR) is 144 cm³/mol. The van der Waals surface area contributed by atoms with Crippen LogP contribution < -0.4 is 10.4 Å². The Labute approximate surface area is 211 Å². The Bertz CT molecular complexity index is 1060. The fourth-order valence-electron chi connectivity index (χ4n) is 5.29. The Morgan fingerprint density at radius 3 is 1.80 bits per heavy atom. The molecule has 1 aliphatic heterocycles. The van der Waals surface area contributed by atoms with Crippen LogP contribution in [-0.4, -0.2) is 44.0 Å². The van der Waals surface area contributed by atoms with E-state index in [1.807, 2.05) is 30.0 Å². The van der Waals surface area contributed by atoms with Crippen LogP contribution in [0, 0.1) is 0 Å². The number of ether oxygens (including phenoxy) is 1. The van der Waals surface area contributed by atoms with Gasteiger partial charge >= 0.3 is 0 Å². The van der Waals surface area contributed by atoms with Crippen molar-refractivity contribution in [2.75, 3.05) is 6.61 Å². The quantitative estimate of drug-likeness (QED) is 0.451. The highest BCUT2D eigenvalue weighted by Gasteiger charge is 2.51. The molecule has 1 fully saturated rings. The molecule has 1 aliphatic rings. The summed E-state index contributed by atoms with van der Waals surface area (Å²) >= 11 is 0. The van der Waals surface area contributed by atoms with E-state index >= 15 is 0 Å². The first-order chi connectivity index (χ1) is 16.7. The van der Waals surface area contributed by atoms with E-state index in [2.05, 4.69) is 100 Å². The van der Waals surface area contributed by atoms with Gasteiger partial charge in [-0.15, -0.1) is 0 Å². The van der Waals surface area contributed by atoms with Gasteiger partial charge in [0.2, 0.25) is 0 Å². The summed E-state index contributed by atoms with van der Waals surface area (Å²) < 4.78 is 13.3. The van der Waals surface area contributed by atoms with Crippen molar-refractivity contribution in [1.82, 2.24) is 4.90 Å². The van der Waals surface area contributed by atoms with Gasteiger partial charge in [0.15, 0.2) is 0 Å². The molecule has 3 atom stereocenters. The third-order valence-corrected chi connectivity index (χ3v) is 12.1. The molecule has 0 bridgehead atoms. The van der Waals surface area contributed by atoms with Gasteiger partial charge in [0.1, 0.15) is 6.10 Å². The van der Waals surface area contributed by atoms with Crippen molar-refractivity contribution in [3.63, 3.8) is 0 Å². The molecule has 0 radical (unpaired) electrons. The maximum absolute atomic E-state index is 13.3. The number of amides is 1. The molecule has 1 heterocycles. The molecule has 0 spiro atoms. The number of carbonyl (C=O) groups excluding carboxylic acids is 1. The van der Waals surface area contributed by atoms with E-state index in [1.165, 1.54) is 10.4 Å². The van der Waals surface area contributed by atoms with E-state index < -0.39 is 14.4 Å². The smallest absolute Gasteiger partial charge is 0.261 e. The van der Waals surface area contributed by atoms with Crippen LogP contribution in [0.25, 0.3) is 0 Å². The summed E-state index contributed by atoms with van der Waals surface area (Å²) in [5.41, 5.74) is 1.11. The average molecular weight is 488 g/mol. The van der Waals surface area contributed by atoms with E-state index in [9.17, 15) is 4.79 Å². The molecule has 3 aromatic carbocycles. The minimum atomic E-state index is -2.72. The maximum atomic E-state index is 13.3. The monoisotopic (exact) mass is 487 g/mol. The molecule has 0 aliphatic carbocycles. The normalized spacial score (nSPS) is 21.2. The fraction of sp³-hybridized carbons (Fsp3) is 0.367. The van der Waals surface area contributed by atoms with E-state index in [0.29, 0.717) is 13.2 Å². The molecular weight excluding hydrogens is 450 g/mol. The standard InChI is InChI=1S/C30H37NO3Si/c1-23-28(31(29(32)24(2)34-23)21-25-15-9-6-10-16-25)22-33-35(30(3,4)5,26-17-11-7-12-18-26)27-19-13-8-14-20-27/h6-20,23-24,28H,21-22H2,1-5H3/t23-,24+,28+/m0/s1. The molecule has 0 aromatic heterocycles. The van der Waals surface area contributed by atoms with Crippen molar-refractivity contribution in [2.45, 2.75) is 64.5 Å². The number of benzene rings is 3. The summed E-state index contributed by atoms with van der Waals surface area (Å²) in [6.07, 6.45) is -0.595. The Morgan fingerprint density at radius 1 is 0.829 bits per heavy atom. The Balaban J connectivity index is 1.73. The van der Waals surface area contributed by atoms with Crippen molar-refractivity contribution >= 4 is 24.6 Å². The number of hydrogen-bond acceptors (Lipinski definition) is 3. The van der Waals surface area contributed by atoms with Crippen LogP contribution in [0.5, 0.6) is 0 Å². The van der Waals surface area contributed by atoms with Gasteiger partial charge in [0.05, 0.1) is 18.8 Å². The van der Waals surface area contributed by atoms with Gasteiger partial charge in [-0.25, -0.2) is 0 Å². The third kappa shape index (κ3) is 5.13. The number of nitrogens with zero attached hydrogens (tertiary/aromatic N) is 1. The van der Waals surface area contributed by atoms with Crippen molar-refractivity contribution in [1.29, 1.82) is 0 Å². The van der Waals surface area contributed by atoms with E-state index in [1.54, 1.807) is 0 Å². The van der Waals surface area contributed by atoms with Crippen molar-refractivity contribution in [2.24, 2.45) is 0 Å². The fourth-order valence-corrected chi connectivity index (χ4v) is 9.87. The highest BCUT2D eigenvalue weighted by atomic mass is 28.4. The molecule has 5 heteroatoms. The summed E-state index contributed by atoms with van der Waals surface area (Å²) in [6.45, 7) is 11.7. The van der Waals surface area contributed by atoms with Gasteiger partial charge in [-0.05, 0) is 34.8 Å². The number of hydrogen-bond donors (Lipinski definition) is 0. The van der Waals surface area contributed by atoms with Crippen LogP contribution in [0.3, 0.4) is 0 Å². The molecule has 184 valence electrons. The second-order valence-electron chi connectivity index (χ2n) is 10.5. The molecule has 4 nitrogen and oxygen atoms in total. The summed E-state index contributed by atoms with van der Waals surface area (Å²) in [6, 6.07) is 31.2. The average Bonchev–Trinajstić information content (AvgIpc) is 2.85. The molecule has 1 amide bonds. The topological polar surface area (TPSA) is 38.8 Å². The lowest BCUT2D eigenvalue weighted by molar-refractivity contribution is -0.171. The predicted octanol–water partition coefficient (Wildman–Crippen LogP) is 4.77. The zero-order valence-electron chi connectivity index (χ0n) is 21.5. The summed E-state index contributed by atoms with van der Waals surface area (Å²) in [5, 5.41) is 2.34. The van der Waals surface area contributed by atoms with E-state index in [4.69, 9.17) is 9.16 Å². The van der Waals surface area contributed by atoms with Crippen molar-refractivity contribution in [3.8, 4) is 0 Å². The molecule has 4 rings (SSSR count). The minimum Gasteiger partial charge on any atom is -0.405 e. The first-order valence-corrected chi connectivity index (χ1v) is 14.4. The molecule has 1 saturated heterocycles. The number of rotatable bonds is 7. The van der Waals surface area contributed by atoms with Crippen LogP contribution >= 0.6 is 0 Å². The van der Waals surface area contributed by atoms with Gasteiger partial charge in [0, 0.05) is 6.54 Å². The van der Waals surface area contributed by atoms with Crippen LogP contribution in [0.2, 0.25) is 5.04 Å². The van der Waals surface area contributed by atoms with E-state index in [-0.39, 0.29) is 23.1 Å². The first-order valence-electron chi connectivity index (χ1n) is 12.5. The Morgan fingerprint density at radius 2 is 1.31 bits per heavy atom. The van der Waals surface area contributed by atoms with Crippen LogP contribution in [-0.2, 0) is 20.5 Å². The van der Waals surface area contributed by atoms with E-state index in [0.717, 1.165) is 5.56 Å². The lowest BCUT2D eigenvalue weighted by atomic mass is 10.1. The van der Waals surface area contributed by atoms with Crippen LogP contribution in [0.15, 0.2) is 91.0 Å². The maximum Gasteiger partial charge on any atom is 0.261 e. The van der Waals surface area contributed by atoms with Gasteiger partial charge in [-0.2, -0.15) is 0 Å². The lowest BCUT2D eigenvalue weighted by Gasteiger charge is -2.47. The van der Waals surface area contributed by atoms with Gasteiger partial charge < -0.3 is 14.1 Å². The van der Waals surface area contributed by atoms with Gasteiger partial charge in [-0.1, -0.05) is 112 Å². The minimum absolute atomic E-state index is 0.0167. The summed E-state index contributed by atoms with van der Waals surface area (Å²) in [5.74, 6) is 0.0167. The summed E-state index contributed by atoms with van der Waals surface area (Å²) in [7, 11) is -2.72. The van der Waals surface area contributed by atoms with Gasteiger partial charge in [-0.3, -0.25) is 4.79 Å². The van der Waals surface area contributed by atoms with Crippen molar-refractivity contribution < 1.29 is 14.0 Å². The van der Waals surface area contributed by atoms with Crippen molar-refractivity contribution in [3.05, 3.63) is 96.6 Å². The second-order valence-corrected chi connectivity index (χ2v) is 14.8. The molecular formula is C30H37NO3Si. The lowest BCUT2D eigenvalue weighted by Crippen LogP contribution is -2.68. The molecule has 0 unspecified atom stereocenters. The van der Waals surface area contributed by atoms with Gasteiger partial charge in [0.25, 0.3) is 14.2 Å². The largest absolute Gasteiger partial charge is 0.405 e. The SMILES string of the molecule is C[C@@H]1O[C@H](C)C(=O)N(Cc2ccccc2)[C@@H]1CO[Si](c1ccccc1)(c1ccccc1)C(C)(C)C. The molecule has 0 N–H and O–H groups in total. The van der Waals surface area contributed by atoms with Crippen LogP contribution in [0.1, 0.15) is 40.2 Å². The van der Waals surface area contributed by atoms with Crippen LogP contribution in [0.4, 0.5) is 0 Å². The first kappa shape index (κ1) is 25.4. The highest BCUT2D eigenvalue weighted by molar-refractivity contribution is 6.99.